The molecule has 1 aromatic carbocycles. The molecule has 0 fully saturated rings. The molecule has 0 saturated heterocycles. The van der Waals surface area contributed by atoms with E-state index in [1.165, 1.54) is 22.2 Å². The van der Waals surface area contributed by atoms with E-state index in [1.807, 2.05) is 37.5 Å². The Balaban J connectivity index is 1.97. The summed E-state index contributed by atoms with van der Waals surface area (Å²) in [7, 11) is 0. The third kappa shape index (κ3) is 3.61. The number of carbonyl (C=O) groups is 2. The highest BCUT2D eigenvalue weighted by molar-refractivity contribution is 8.02. The lowest BCUT2D eigenvalue weighted by Gasteiger charge is -2.20. The molecule has 1 aliphatic heterocycles. The lowest BCUT2D eigenvalue weighted by Crippen LogP contribution is -2.36. The second-order valence-corrected chi connectivity index (χ2v) is 5.36. The van der Waals surface area contributed by atoms with Gasteiger partial charge in [-0.05, 0) is 42.5 Å². The molecule has 100 valence electrons. The first-order valence-corrected chi connectivity index (χ1v) is 7.06. The minimum Gasteiger partial charge on any atom is -0.325 e. The van der Waals surface area contributed by atoms with Gasteiger partial charge >= 0.3 is 0 Å². The highest BCUT2D eigenvalue weighted by Crippen LogP contribution is 2.15. The van der Waals surface area contributed by atoms with Crippen LogP contribution in [0.15, 0.2) is 29.8 Å². The lowest BCUT2D eigenvalue weighted by atomic mass is 10.1. The Bertz CT molecular complexity index is 540. The van der Waals surface area contributed by atoms with Crippen LogP contribution >= 0.6 is 11.8 Å². The molecule has 1 aromatic rings. The topological polar surface area (TPSA) is 49.4 Å². The molecule has 19 heavy (non-hydrogen) atoms. The normalized spacial score (nSPS) is 14.6. The molecule has 2 rings (SSSR count). The number of amides is 2. The predicted molar refractivity (Wildman–Crippen MR) is 77.9 cm³/mol. The quantitative estimate of drug-likeness (QED) is 0.921. The van der Waals surface area contributed by atoms with Crippen molar-refractivity contribution in [1.29, 1.82) is 0 Å². The molecular formula is C14H16N2O2S. The zero-order chi connectivity index (χ0) is 13.8. The second kappa shape index (κ2) is 5.93. The van der Waals surface area contributed by atoms with Crippen LogP contribution in [-0.4, -0.2) is 29.0 Å². The summed E-state index contributed by atoms with van der Waals surface area (Å²) >= 11 is 1.44. The van der Waals surface area contributed by atoms with Crippen LogP contribution in [0.5, 0.6) is 0 Å². The van der Waals surface area contributed by atoms with Crippen LogP contribution in [0.1, 0.15) is 11.1 Å². The number of hydrogen-bond donors (Lipinski definition) is 1. The third-order valence-corrected chi connectivity index (χ3v) is 3.70. The van der Waals surface area contributed by atoms with Crippen molar-refractivity contribution in [2.45, 2.75) is 13.8 Å². The standard InChI is InChI=1S/C14H16N2O2S/c1-10-3-4-12(7-11(10)2)15-13(17)8-16-5-6-19-9-14(16)18/h3-7H,8-9H2,1-2H3,(H,15,17). The number of nitrogens with zero attached hydrogens (tertiary/aromatic N) is 1. The molecule has 0 spiro atoms. The molecular weight excluding hydrogens is 260 g/mol. The van der Waals surface area contributed by atoms with Crippen LogP contribution < -0.4 is 5.32 Å². The number of hydrogen-bond acceptors (Lipinski definition) is 3. The van der Waals surface area contributed by atoms with Crippen LogP contribution in [0.25, 0.3) is 0 Å². The lowest BCUT2D eigenvalue weighted by molar-refractivity contribution is -0.129. The number of aryl methyl sites for hydroxylation is 2. The minimum absolute atomic E-state index is 0.0391. The van der Waals surface area contributed by atoms with Crippen molar-refractivity contribution < 1.29 is 9.59 Å². The van der Waals surface area contributed by atoms with Gasteiger partial charge in [-0.25, -0.2) is 0 Å². The van der Waals surface area contributed by atoms with Gasteiger partial charge in [-0.15, -0.1) is 11.8 Å². The summed E-state index contributed by atoms with van der Waals surface area (Å²) in [6.45, 7) is 4.08. The van der Waals surface area contributed by atoms with Crippen LogP contribution in [0.2, 0.25) is 0 Å². The first kappa shape index (κ1) is 13.7. The van der Waals surface area contributed by atoms with E-state index < -0.39 is 0 Å². The van der Waals surface area contributed by atoms with Gasteiger partial charge in [0.2, 0.25) is 11.8 Å². The summed E-state index contributed by atoms with van der Waals surface area (Å²) in [5, 5.41) is 4.63. The number of nitrogens with one attached hydrogen (secondary N) is 1. The highest BCUT2D eigenvalue weighted by Gasteiger charge is 2.17. The molecule has 0 bridgehead atoms. The highest BCUT2D eigenvalue weighted by atomic mass is 32.2. The Morgan fingerprint density at radius 1 is 1.37 bits per heavy atom. The minimum atomic E-state index is -0.187. The molecule has 0 radical (unpaired) electrons. The largest absolute Gasteiger partial charge is 0.325 e. The van der Waals surface area contributed by atoms with Crippen LogP contribution in [0.4, 0.5) is 5.69 Å². The van der Waals surface area contributed by atoms with E-state index in [2.05, 4.69) is 5.32 Å². The summed E-state index contributed by atoms with van der Waals surface area (Å²) in [4.78, 5) is 24.9. The second-order valence-electron chi connectivity index (χ2n) is 4.47. The van der Waals surface area contributed by atoms with Gasteiger partial charge in [0.05, 0.1) is 5.75 Å². The number of carbonyl (C=O) groups excluding carboxylic acids is 2. The van der Waals surface area contributed by atoms with E-state index in [0.29, 0.717) is 5.75 Å². The summed E-state index contributed by atoms with van der Waals surface area (Å²) in [5.41, 5.74) is 3.07. The van der Waals surface area contributed by atoms with Crippen molar-refractivity contribution in [2.24, 2.45) is 0 Å². The van der Waals surface area contributed by atoms with Gasteiger partial charge in [-0.2, -0.15) is 0 Å². The Morgan fingerprint density at radius 3 is 2.84 bits per heavy atom. The molecule has 5 heteroatoms. The first-order valence-electron chi connectivity index (χ1n) is 6.01. The molecule has 0 aromatic heterocycles. The summed E-state index contributed by atoms with van der Waals surface area (Å²) < 4.78 is 0. The Morgan fingerprint density at radius 2 is 2.16 bits per heavy atom. The third-order valence-electron chi connectivity index (χ3n) is 2.97. The Labute approximate surface area is 116 Å². The van der Waals surface area contributed by atoms with Crippen molar-refractivity contribution in [3.05, 3.63) is 40.9 Å². The molecule has 0 atom stereocenters. The SMILES string of the molecule is Cc1ccc(NC(=O)CN2C=CSCC2=O)cc1C. The number of rotatable bonds is 3. The molecule has 0 unspecified atom stereocenters. The van der Waals surface area contributed by atoms with E-state index in [1.54, 1.807) is 6.20 Å². The van der Waals surface area contributed by atoms with E-state index in [0.717, 1.165) is 11.3 Å². The molecule has 4 nitrogen and oxygen atoms in total. The molecule has 1 heterocycles. The fraction of sp³-hybridized carbons (Fsp3) is 0.286. The van der Waals surface area contributed by atoms with Crippen LogP contribution in [-0.2, 0) is 9.59 Å². The number of benzene rings is 1. The average molecular weight is 276 g/mol. The van der Waals surface area contributed by atoms with E-state index in [-0.39, 0.29) is 18.4 Å². The maximum Gasteiger partial charge on any atom is 0.244 e. The summed E-state index contributed by atoms with van der Waals surface area (Å²) in [5.74, 6) is 0.170. The van der Waals surface area contributed by atoms with Gasteiger partial charge in [0.15, 0.2) is 0 Å². The number of anilines is 1. The maximum atomic E-state index is 11.9. The van der Waals surface area contributed by atoms with Crippen molar-refractivity contribution in [1.82, 2.24) is 4.90 Å². The molecule has 2 amide bonds. The van der Waals surface area contributed by atoms with Crippen molar-refractivity contribution in [3.8, 4) is 0 Å². The fourth-order valence-electron chi connectivity index (χ4n) is 1.72. The Kier molecular flexibility index (Phi) is 4.27. The van der Waals surface area contributed by atoms with Gasteiger partial charge in [-0.1, -0.05) is 6.07 Å². The van der Waals surface area contributed by atoms with E-state index in [4.69, 9.17) is 0 Å². The van der Waals surface area contributed by atoms with Crippen LogP contribution in [0.3, 0.4) is 0 Å². The van der Waals surface area contributed by atoms with Gasteiger partial charge in [0.1, 0.15) is 6.54 Å². The van der Waals surface area contributed by atoms with Gasteiger partial charge in [0.25, 0.3) is 0 Å². The Hall–Kier alpha value is -1.75. The average Bonchev–Trinajstić information content (AvgIpc) is 2.37. The van der Waals surface area contributed by atoms with Gasteiger partial charge in [0, 0.05) is 11.9 Å². The van der Waals surface area contributed by atoms with Crippen molar-refractivity contribution in [3.63, 3.8) is 0 Å². The zero-order valence-corrected chi connectivity index (χ0v) is 11.8. The fourth-order valence-corrected chi connectivity index (χ4v) is 2.35. The molecule has 0 aliphatic carbocycles. The maximum absolute atomic E-state index is 11.9. The molecule has 1 N–H and O–H groups in total. The monoisotopic (exact) mass is 276 g/mol. The van der Waals surface area contributed by atoms with E-state index in [9.17, 15) is 9.59 Å². The summed E-state index contributed by atoms with van der Waals surface area (Å²) in [6.07, 6.45) is 1.65. The predicted octanol–water partition coefficient (Wildman–Crippen LogP) is 2.29. The van der Waals surface area contributed by atoms with Crippen molar-refractivity contribution in [2.75, 3.05) is 17.6 Å². The first-order chi connectivity index (χ1) is 9.06. The molecule has 1 aliphatic rings. The summed E-state index contributed by atoms with van der Waals surface area (Å²) in [6, 6.07) is 5.76. The number of thioether (sulfide) groups is 1. The smallest absolute Gasteiger partial charge is 0.244 e. The van der Waals surface area contributed by atoms with Gasteiger partial charge in [-0.3, -0.25) is 9.59 Å². The van der Waals surface area contributed by atoms with E-state index >= 15 is 0 Å². The van der Waals surface area contributed by atoms with Crippen LogP contribution in [0, 0.1) is 13.8 Å². The zero-order valence-electron chi connectivity index (χ0n) is 11.0. The van der Waals surface area contributed by atoms with Crippen molar-refractivity contribution >= 4 is 29.3 Å². The molecule has 0 saturated carbocycles. The van der Waals surface area contributed by atoms with Gasteiger partial charge < -0.3 is 10.2 Å².